The van der Waals surface area contributed by atoms with E-state index in [-0.39, 0.29) is 34.8 Å². The summed E-state index contributed by atoms with van der Waals surface area (Å²) in [7, 11) is 0. The molecule has 2 saturated heterocycles. The first-order valence-electron chi connectivity index (χ1n) is 24.0. The molecule has 370 valence electrons. The first-order chi connectivity index (χ1) is 35.2. The van der Waals surface area contributed by atoms with Crippen LogP contribution in [0.3, 0.4) is 0 Å². The molecule has 1 atom stereocenters. The third-order valence-corrected chi connectivity index (χ3v) is 14.3. The van der Waals surface area contributed by atoms with Crippen molar-refractivity contribution in [2.45, 2.75) is 40.7 Å². The van der Waals surface area contributed by atoms with Crippen LogP contribution in [0.5, 0.6) is 0 Å². The molecule has 2 aliphatic rings. The number of carbonyl (C=O) groups excluding carboxylic acids is 2. The standard InChI is InChI=1S/C29H28FN5O2.C28H26BrN5O2/c1-5-26(36)33-14-15-34(19(3)17-33)29-31-28(37)27(21-11-7-6-10-18(21)2)25-16-23(20(4)32-35(25)29)22-12-8-9-13-24(22)30;1-4-25(35)32-13-15-33(16-14-32)28-30-27(36)26(20-10-6-5-9-18(20)2)24-17-22(19(3)31-34(24)28)21-11-7-8-12-23(21)29/h5-13,16,19H,1,14-15,17H2,2-4H3;4-12,17H,1,13-16H2,2-3H3/t19-;/m0./s1. The highest BCUT2D eigenvalue weighted by Crippen LogP contribution is 2.35. The van der Waals surface area contributed by atoms with Gasteiger partial charge in [0.2, 0.25) is 23.7 Å². The van der Waals surface area contributed by atoms with Gasteiger partial charge in [-0.3, -0.25) is 19.2 Å². The topological polar surface area (TPSA) is 142 Å². The molecule has 4 aromatic heterocycles. The second-order valence-corrected chi connectivity index (χ2v) is 19.1. The molecule has 0 unspecified atom stereocenters. The third kappa shape index (κ3) is 9.69. The predicted octanol–water partition coefficient (Wildman–Crippen LogP) is 9.04. The van der Waals surface area contributed by atoms with Crippen molar-refractivity contribution in [2.24, 2.45) is 0 Å². The van der Waals surface area contributed by atoms with Crippen LogP contribution in [0.25, 0.3) is 55.5 Å². The molecule has 16 heteroatoms. The van der Waals surface area contributed by atoms with Crippen molar-refractivity contribution in [1.29, 1.82) is 0 Å². The number of hydrogen-bond donors (Lipinski definition) is 0. The normalized spacial score (nSPS) is 14.8. The molecule has 0 N–H and O–H groups in total. The Hall–Kier alpha value is -8.11. The molecular formula is C57H54BrFN10O4. The van der Waals surface area contributed by atoms with Gasteiger partial charge in [0.1, 0.15) is 5.82 Å². The van der Waals surface area contributed by atoms with E-state index >= 15 is 0 Å². The Morgan fingerprint density at radius 2 is 1.04 bits per heavy atom. The maximum Gasteiger partial charge on any atom is 0.283 e. The zero-order valence-corrected chi connectivity index (χ0v) is 42.9. The summed E-state index contributed by atoms with van der Waals surface area (Å²) in [6.07, 6.45) is 2.64. The average Bonchev–Trinajstić information content (AvgIpc) is 3.39. The van der Waals surface area contributed by atoms with E-state index in [0.717, 1.165) is 43.5 Å². The van der Waals surface area contributed by atoms with Gasteiger partial charge in [-0.15, -0.1) is 0 Å². The lowest BCUT2D eigenvalue weighted by molar-refractivity contribution is -0.127. The molecule has 6 heterocycles. The smallest absolute Gasteiger partial charge is 0.283 e. The number of hydrogen-bond acceptors (Lipinski definition) is 10. The van der Waals surface area contributed by atoms with Crippen molar-refractivity contribution >= 4 is 50.7 Å². The van der Waals surface area contributed by atoms with Crippen molar-refractivity contribution in [3.63, 3.8) is 0 Å². The predicted molar refractivity (Wildman–Crippen MR) is 289 cm³/mol. The monoisotopic (exact) mass is 1040 g/mol. The molecule has 10 rings (SSSR count). The Morgan fingerprint density at radius 3 is 1.56 bits per heavy atom. The SMILES string of the molecule is C=CC(=O)N1CCN(c2nc(=O)c(-c3ccccc3C)c3cc(-c4ccccc4Br)c(C)nn23)CC1.C=CC(=O)N1CCN(c2nc(=O)c(-c3ccccc3C)c3cc(-c4ccccc4F)c(C)nn23)[C@@H](C)C1. The lowest BCUT2D eigenvalue weighted by Gasteiger charge is -2.40. The largest absolute Gasteiger partial charge is 0.337 e. The molecular weight excluding hydrogens is 988 g/mol. The van der Waals surface area contributed by atoms with E-state index in [9.17, 15) is 23.6 Å². The van der Waals surface area contributed by atoms with Crippen LogP contribution in [0.2, 0.25) is 0 Å². The van der Waals surface area contributed by atoms with Crippen molar-refractivity contribution in [2.75, 3.05) is 55.6 Å². The van der Waals surface area contributed by atoms with E-state index in [1.165, 1.54) is 18.2 Å². The summed E-state index contributed by atoms with van der Waals surface area (Å²) >= 11 is 3.66. The average molecular weight is 1040 g/mol. The summed E-state index contributed by atoms with van der Waals surface area (Å²) in [5.41, 5.74) is 9.40. The van der Waals surface area contributed by atoms with Crippen molar-refractivity contribution < 1.29 is 14.0 Å². The first-order valence-corrected chi connectivity index (χ1v) is 24.8. The second-order valence-electron chi connectivity index (χ2n) is 18.2. The molecule has 0 saturated carbocycles. The lowest BCUT2D eigenvalue weighted by atomic mass is 9.98. The minimum absolute atomic E-state index is 0.0911. The number of carbonyl (C=O) groups is 2. The fourth-order valence-corrected chi connectivity index (χ4v) is 10.2. The zero-order valence-electron chi connectivity index (χ0n) is 41.3. The molecule has 0 aliphatic carbocycles. The van der Waals surface area contributed by atoms with Gasteiger partial charge in [-0.25, -0.2) is 4.39 Å². The number of aryl methyl sites for hydroxylation is 4. The van der Waals surface area contributed by atoms with Gasteiger partial charge < -0.3 is 19.6 Å². The molecule has 8 aromatic rings. The lowest BCUT2D eigenvalue weighted by Crippen LogP contribution is -2.54. The molecule has 2 fully saturated rings. The van der Waals surface area contributed by atoms with Gasteiger partial charge in [-0.1, -0.05) is 114 Å². The minimum Gasteiger partial charge on any atom is -0.337 e. The molecule has 73 heavy (non-hydrogen) atoms. The molecule has 2 amide bonds. The third-order valence-electron chi connectivity index (χ3n) is 13.6. The van der Waals surface area contributed by atoms with Gasteiger partial charge in [0, 0.05) is 73.0 Å². The van der Waals surface area contributed by atoms with E-state index in [0.29, 0.717) is 96.7 Å². The highest BCUT2D eigenvalue weighted by atomic mass is 79.9. The number of benzene rings is 4. The zero-order chi connectivity index (χ0) is 51.7. The molecule has 0 bridgehead atoms. The number of piperazine rings is 2. The number of nitrogens with zero attached hydrogens (tertiary/aromatic N) is 10. The number of aromatic nitrogens is 6. The molecule has 2 aliphatic heterocycles. The van der Waals surface area contributed by atoms with Gasteiger partial charge in [-0.05, 0) is 98.9 Å². The van der Waals surface area contributed by atoms with E-state index < -0.39 is 0 Å². The molecule has 14 nitrogen and oxygen atoms in total. The Morgan fingerprint density at radius 1 is 0.589 bits per heavy atom. The second kappa shape index (κ2) is 20.9. The maximum absolute atomic E-state index is 14.8. The minimum atomic E-state index is -0.383. The summed E-state index contributed by atoms with van der Waals surface area (Å²) in [6.45, 7) is 20.4. The van der Waals surface area contributed by atoms with Crippen LogP contribution < -0.4 is 20.9 Å². The van der Waals surface area contributed by atoms with Crippen LogP contribution in [0.15, 0.2) is 149 Å². The summed E-state index contributed by atoms with van der Waals surface area (Å²) in [4.78, 5) is 68.0. The van der Waals surface area contributed by atoms with Gasteiger partial charge in [0.05, 0.1) is 33.5 Å². The van der Waals surface area contributed by atoms with E-state index in [1.54, 1.807) is 37.0 Å². The first kappa shape index (κ1) is 49.9. The number of halogens is 2. The van der Waals surface area contributed by atoms with Gasteiger partial charge in [0.25, 0.3) is 11.1 Å². The molecule has 4 aromatic carbocycles. The Kier molecular flexibility index (Phi) is 14.3. The Labute approximate surface area is 430 Å². The summed E-state index contributed by atoms with van der Waals surface area (Å²) in [5, 5.41) is 9.79. The van der Waals surface area contributed by atoms with Gasteiger partial charge in [-0.2, -0.15) is 29.2 Å². The Balaban J connectivity index is 0.000000180. The van der Waals surface area contributed by atoms with Crippen LogP contribution in [-0.4, -0.2) is 103 Å². The van der Waals surface area contributed by atoms with E-state index in [2.05, 4.69) is 39.1 Å². The highest BCUT2D eigenvalue weighted by Gasteiger charge is 2.31. The van der Waals surface area contributed by atoms with Crippen LogP contribution in [-0.2, 0) is 9.59 Å². The number of anilines is 2. The fourth-order valence-electron chi connectivity index (χ4n) is 9.74. The number of fused-ring (bicyclic) bond motifs is 2. The van der Waals surface area contributed by atoms with Crippen LogP contribution in [0.4, 0.5) is 16.3 Å². The quantitative estimate of drug-likeness (QED) is 0.135. The van der Waals surface area contributed by atoms with E-state index in [1.807, 2.05) is 129 Å². The number of rotatable bonds is 8. The van der Waals surface area contributed by atoms with Gasteiger partial charge >= 0.3 is 0 Å². The van der Waals surface area contributed by atoms with Crippen molar-refractivity contribution in [3.8, 4) is 44.5 Å². The highest BCUT2D eigenvalue weighted by molar-refractivity contribution is 9.10. The molecule has 0 radical (unpaired) electrons. The summed E-state index contributed by atoms with van der Waals surface area (Å²) < 4.78 is 19.2. The van der Waals surface area contributed by atoms with E-state index in [4.69, 9.17) is 10.2 Å². The maximum atomic E-state index is 14.8. The number of amides is 2. The molecule has 0 spiro atoms. The van der Waals surface area contributed by atoms with Crippen LogP contribution >= 0.6 is 15.9 Å². The fraction of sp³-hybridized carbons (Fsp3) is 0.228. The summed E-state index contributed by atoms with van der Waals surface area (Å²) in [6, 6.07) is 33.7. The van der Waals surface area contributed by atoms with Gasteiger partial charge in [0.15, 0.2) is 0 Å². The van der Waals surface area contributed by atoms with Crippen molar-refractivity contribution in [3.05, 3.63) is 188 Å². The van der Waals surface area contributed by atoms with Crippen LogP contribution in [0, 0.1) is 33.5 Å². The Bertz CT molecular complexity index is 3620. The summed E-state index contributed by atoms with van der Waals surface area (Å²) in [5.74, 6) is 0.312. The van der Waals surface area contributed by atoms with Crippen LogP contribution in [0.1, 0.15) is 29.4 Å². The van der Waals surface area contributed by atoms with Crippen molar-refractivity contribution in [1.82, 2.24) is 39.0 Å².